The molecule has 1 aromatic carbocycles. The molecule has 0 fully saturated rings. The van der Waals surface area contributed by atoms with E-state index in [1.807, 2.05) is 5.38 Å². The third-order valence-corrected chi connectivity index (χ3v) is 6.71. The first kappa shape index (κ1) is 19.4. The van der Waals surface area contributed by atoms with Crippen LogP contribution in [-0.2, 0) is 14.8 Å². The zero-order valence-electron chi connectivity index (χ0n) is 14.5. The summed E-state index contributed by atoms with van der Waals surface area (Å²) in [7, 11) is -0.490. The summed E-state index contributed by atoms with van der Waals surface area (Å²) in [4.78, 5) is 20.6. The van der Waals surface area contributed by atoms with Crippen LogP contribution in [0.25, 0.3) is 17.3 Å². The van der Waals surface area contributed by atoms with Crippen molar-refractivity contribution in [3.05, 3.63) is 52.3 Å². The molecule has 27 heavy (non-hydrogen) atoms. The van der Waals surface area contributed by atoms with Gasteiger partial charge in [0.1, 0.15) is 0 Å². The number of carbonyl (C=O) groups is 1. The summed E-state index contributed by atoms with van der Waals surface area (Å²) in [5.41, 5.74) is 3.84. The highest BCUT2D eigenvalue weighted by atomic mass is 32.2. The highest BCUT2D eigenvalue weighted by molar-refractivity contribution is 7.89. The molecular weight excluding hydrogens is 404 g/mol. The molecule has 0 atom stereocenters. The average Bonchev–Trinajstić information content (AvgIpc) is 3.32. The van der Waals surface area contributed by atoms with E-state index in [0.29, 0.717) is 10.8 Å². The predicted molar refractivity (Wildman–Crippen MR) is 108 cm³/mol. The van der Waals surface area contributed by atoms with E-state index in [-0.39, 0.29) is 10.8 Å². The molecule has 0 aliphatic carbocycles. The van der Waals surface area contributed by atoms with Gasteiger partial charge < -0.3 is 0 Å². The van der Waals surface area contributed by atoms with Crippen LogP contribution in [0.2, 0.25) is 0 Å². The minimum atomic E-state index is -3.47. The number of aromatic nitrogens is 2. The molecule has 1 amide bonds. The van der Waals surface area contributed by atoms with Crippen LogP contribution < -0.4 is 5.32 Å². The number of benzene rings is 1. The number of hydrogen-bond donors (Lipinski definition) is 1. The molecule has 0 aliphatic rings. The number of carbonyl (C=O) groups excluding carboxylic acids is 1. The van der Waals surface area contributed by atoms with Gasteiger partial charge in [0.2, 0.25) is 15.9 Å². The highest BCUT2D eigenvalue weighted by Gasteiger charge is 2.17. The van der Waals surface area contributed by atoms with Gasteiger partial charge in [-0.05, 0) is 18.2 Å². The fraction of sp³-hybridized carbons (Fsp3) is 0.118. The fourth-order valence-electron chi connectivity index (χ4n) is 2.08. The van der Waals surface area contributed by atoms with E-state index in [0.717, 1.165) is 15.6 Å². The standard InChI is InChI=1S/C17H16N4O3S3/c1-21(2)27(23,24)14-6-3-12(4-7-14)15-10-26-17(19-15)20-16(22)8-5-13-9-25-11-18-13/h3-11H,1-2H3,(H,19,20,22)/b8-5+. The molecule has 0 saturated carbocycles. The van der Waals surface area contributed by atoms with Gasteiger partial charge in [-0.1, -0.05) is 12.1 Å². The molecule has 3 rings (SSSR count). The Balaban J connectivity index is 1.69. The predicted octanol–water partition coefficient (Wildman–Crippen LogP) is 3.17. The van der Waals surface area contributed by atoms with Gasteiger partial charge in [-0.25, -0.2) is 22.7 Å². The number of thiazole rings is 2. The Kier molecular flexibility index (Phi) is 5.80. The van der Waals surface area contributed by atoms with Crippen molar-refractivity contribution >= 4 is 49.8 Å². The summed E-state index contributed by atoms with van der Waals surface area (Å²) in [6.45, 7) is 0. The largest absolute Gasteiger partial charge is 0.298 e. The second kappa shape index (κ2) is 8.09. The van der Waals surface area contributed by atoms with Crippen LogP contribution in [0.4, 0.5) is 5.13 Å². The van der Waals surface area contributed by atoms with Crippen molar-refractivity contribution in [3.8, 4) is 11.3 Å². The normalized spacial score (nSPS) is 12.0. The maximum Gasteiger partial charge on any atom is 0.250 e. The Labute approximate surface area is 165 Å². The van der Waals surface area contributed by atoms with Gasteiger partial charge in [0.15, 0.2) is 5.13 Å². The molecule has 0 saturated heterocycles. The number of anilines is 1. The smallest absolute Gasteiger partial charge is 0.250 e. The van der Waals surface area contributed by atoms with Crippen LogP contribution in [0.3, 0.4) is 0 Å². The van der Waals surface area contributed by atoms with Crippen molar-refractivity contribution in [2.24, 2.45) is 0 Å². The van der Waals surface area contributed by atoms with Crippen LogP contribution in [0.5, 0.6) is 0 Å². The van der Waals surface area contributed by atoms with Crippen molar-refractivity contribution in [1.29, 1.82) is 0 Å². The minimum Gasteiger partial charge on any atom is -0.298 e. The lowest BCUT2D eigenvalue weighted by Gasteiger charge is -2.11. The maximum absolute atomic E-state index is 12.1. The lowest BCUT2D eigenvalue weighted by Crippen LogP contribution is -2.22. The van der Waals surface area contributed by atoms with Crippen molar-refractivity contribution in [2.45, 2.75) is 4.90 Å². The van der Waals surface area contributed by atoms with Crippen LogP contribution in [-0.4, -0.2) is 42.7 Å². The van der Waals surface area contributed by atoms with Gasteiger partial charge in [-0.15, -0.1) is 22.7 Å². The van der Waals surface area contributed by atoms with Crippen LogP contribution in [0, 0.1) is 0 Å². The zero-order valence-corrected chi connectivity index (χ0v) is 16.9. The van der Waals surface area contributed by atoms with E-state index >= 15 is 0 Å². The SMILES string of the molecule is CN(C)S(=O)(=O)c1ccc(-c2csc(NC(=O)/C=C/c3cscn3)n2)cc1. The third-order valence-electron chi connectivity index (χ3n) is 3.52. The van der Waals surface area contributed by atoms with E-state index in [9.17, 15) is 13.2 Å². The van der Waals surface area contributed by atoms with E-state index < -0.39 is 10.0 Å². The van der Waals surface area contributed by atoms with Gasteiger partial charge in [0, 0.05) is 36.5 Å². The second-order valence-electron chi connectivity index (χ2n) is 5.59. The van der Waals surface area contributed by atoms with E-state index in [1.165, 1.54) is 42.8 Å². The van der Waals surface area contributed by atoms with Crippen molar-refractivity contribution < 1.29 is 13.2 Å². The fourth-order valence-corrected chi connectivity index (χ4v) is 4.23. The molecule has 2 aromatic heterocycles. The van der Waals surface area contributed by atoms with Crippen LogP contribution in [0.15, 0.2) is 51.5 Å². The zero-order chi connectivity index (χ0) is 19.4. The number of amides is 1. The lowest BCUT2D eigenvalue weighted by atomic mass is 10.2. The number of hydrogen-bond acceptors (Lipinski definition) is 7. The summed E-state index contributed by atoms with van der Waals surface area (Å²) in [6, 6.07) is 6.47. The van der Waals surface area contributed by atoms with Gasteiger partial charge in [0.05, 0.1) is 21.8 Å². The summed E-state index contributed by atoms with van der Waals surface area (Å²) < 4.78 is 25.4. The van der Waals surface area contributed by atoms with Crippen molar-refractivity contribution in [2.75, 3.05) is 19.4 Å². The molecule has 7 nitrogen and oxygen atoms in total. The average molecular weight is 421 g/mol. The quantitative estimate of drug-likeness (QED) is 0.619. The number of rotatable bonds is 6. The molecule has 0 radical (unpaired) electrons. The molecule has 2 heterocycles. The van der Waals surface area contributed by atoms with Crippen molar-refractivity contribution in [1.82, 2.24) is 14.3 Å². The van der Waals surface area contributed by atoms with Crippen LogP contribution >= 0.6 is 22.7 Å². The lowest BCUT2D eigenvalue weighted by molar-refractivity contribution is -0.111. The summed E-state index contributed by atoms with van der Waals surface area (Å²) >= 11 is 2.75. The molecule has 1 N–H and O–H groups in total. The first-order chi connectivity index (χ1) is 12.9. The Hall–Kier alpha value is -2.40. The Morgan fingerprint density at radius 2 is 1.93 bits per heavy atom. The minimum absolute atomic E-state index is 0.215. The molecule has 0 aliphatic heterocycles. The molecule has 140 valence electrons. The highest BCUT2D eigenvalue weighted by Crippen LogP contribution is 2.26. The van der Waals surface area contributed by atoms with E-state index in [4.69, 9.17) is 0 Å². The van der Waals surface area contributed by atoms with E-state index in [2.05, 4.69) is 15.3 Å². The van der Waals surface area contributed by atoms with Gasteiger partial charge in [-0.2, -0.15) is 0 Å². The van der Waals surface area contributed by atoms with Crippen molar-refractivity contribution in [3.63, 3.8) is 0 Å². The Bertz CT molecular complexity index is 1050. The van der Waals surface area contributed by atoms with Gasteiger partial charge >= 0.3 is 0 Å². The molecule has 10 heteroatoms. The summed E-state index contributed by atoms with van der Waals surface area (Å²) in [5, 5.41) is 6.80. The molecular formula is C17H16N4O3S3. The molecule has 0 unspecified atom stereocenters. The second-order valence-corrected chi connectivity index (χ2v) is 9.31. The first-order valence-electron chi connectivity index (χ1n) is 7.72. The molecule has 0 spiro atoms. The molecule has 0 bridgehead atoms. The first-order valence-corrected chi connectivity index (χ1v) is 11.0. The van der Waals surface area contributed by atoms with Gasteiger partial charge in [-0.3, -0.25) is 10.1 Å². The van der Waals surface area contributed by atoms with Gasteiger partial charge in [0.25, 0.3) is 0 Å². The number of nitrogens with one attached hydrogen (secondary N) is 1. The topological polar surface area (TPSA) is 92.3 Å². The summed E-state index contributed by atoms with van der Waals surface area (Å²) in [6.07, 6.45) is 3.03. The number of sulfonamides is 1. The third kappa shape index (κ3) is 4.66. The van der Waals surface area contributed by atoms with Crippen LogP contribution in [0.1, 0.15) is 5.69 Å². The number of nitrogens with zero attached hydrogens (tertiary/aromatic N) is 3. The maximum atomic E-state index is 12.1. The summed E-state index contributed by atoms with van der Waals surface area (Å²) in [5.74, 6) is -0.295. The Morgan fingerprint density at radius 1 is 1.19 bits per heavy atom. The Morgan fingerprint density at radius 3 is 2.56 bits per heavy atom. The van der Waals surface area contributed by atoms with E-state index in [1.54, 1.807) is 41.2 Å². The molecule has 3 aromatic rings. The monoisotopic (exact) mass is 420 g/mol.